The summed E-state index contributed by atoms with van der Waals surface area (Å²) in [4.78, 5) is 15.3. The number of hydrogen-bond acceptors (Lipinski definition) is 3. The van der Waals surface area contributed by atoms with Gasteiger partial charge in [-0.25, -0.2) is 0 Å². The number of thiophene rings is 1. The van der Waals surface area contributed by atoms with E-state index in [1.54, 1.807) is 4.90 Å². The monoisotopic (exact) mass is 322 g/mol. The molecule has 0 aliphatic rings. The minimum Gasteiger partial charge on any atom is -0.385 e. The number of hydrogen-bond donors (Lipinski definition) is 1. The number of aryl methyl sites for hydroxylation is 1. The number of carbonyl (C=O) groups is 1. The molecule has 5 heteroatoms. The van der Waals surface area contributed by atoms with Crippen LogP contribution in [0.2, 0.25) is 4.34 Å². The lowest BCUT2D eigenvalue weighted by Gasteiger charge is -2.18. The molecule has 0 aliphatic heterocycles. The van der Waals surface area contributed by atoms with Gasteiger partial charge in [0.15, 0.2) is 0 Å². The van der Waals surface area contributed by atoms with Gasteiger partial charge in [-0.05, 0) is 49.7 Å². The van der Waals surface area contributed by atoms with Crippen molar-refractivity contribution in [2.75, 3.05) is 18.9 Å². The number of nitrogens with one attached hydrogen (secondary N) is 1. The molecule has 0 bridgehead atoms. The minimum atomic E-state index is 0.0278. The molecule has 2 rings (SSSR count). The number of benzene rings is 1. The molecule has 0 saturated carbocycles. The van der Waals surface area contributed by atoms with Crippen molar-refractivity contribution in [3.8, 4) is 0 Å². The van der Waals surface area contributed by atoms with Crippen molar-refractivity contribution >= 4 is 34.5 Å². The standard InChI is InChI=1S/C16H19ClN2OS/c1-4-18-12-5-7-14(11(2)9-12)16(20)19(3)10-13-6-8-15(17)21-13/h5-9,18H,4,10H2,1-3H3. The van der Waals surface area contributed by atoms with Crippen LogP contribution in [0.4, 0.5) is 5.69 Å². The van der Waals surface area contributed by atoms with Crippen LogP contribution in [0.3, 0.4) is 0 Å². The van der Waals surface area contributed by atoms with Crippen LogP contribution in [0.25, 0.3) is 0 Å². The molecule has 0 fully saturated rings. The second kappa shape index (κ2) is 6.96. The van der Waals surface area contributed by atoms with Gasteiger partial charge in [-0.3, -0.25) is 4.79 Å². The smallest absolute Gasteiger partial charge is 0.254 e. The average molecular weight is 323 g/mol. The Morgan fingerprint density at radius 2 is 2.10 bits per heavy atom. The van der Waals surface area contributed by atoms with E-state index in [1.165, 1.54) is 11.3 Å². The first-order chi connectivity index (χ1) is 10.0. The molecule has 1 N–H and O–H groups in total. The van der Waals surface area contributed by atoms with Crippen LogP contribution in [0.1, 0.15) is 27.7 Å². The van der Waals surface area contributed by atoms with E-state index in [-0.39, 0.29) is 5.91 Å². The highest BCUT2D eigenvalue weighted by Crippen LogP contribution is 2.23. The van der Waals surface area contributed by atoms with E-state index >= 15 is 0 Å². The maximum Gasteiger partial charge on any atom is 0.254 e. The maximum atomic E-state index is 12.5. The van der Waals surface area contributed by atoms with Gasteiger partial charge in [-0.15, -0.1) is 11.3 Å². The van der Waals surface area contributed by atoms with E-state index in [0.717, 1.165) is 32.6 Å². The fourth-order valence-corrected chi connectivity index (χ4v) is 3.31. The van der Waals surface area contributed by atoms with E-state index in [0.29, 0.717) is 6.54 Å². The summed E-state index contributed by atoms with van der Waals surface area (Å²) in [6.07, 6.45) is 0. The lowest BCUT2D eigenvalue weighted by atomic mass is 10.1. The zero-order valence-electron chi connectivity index (χ0n) is 12.4. The minimum absolute atomic E-state index is 0.0278. The van der Waals surface area contributed by atoms with E-state index in [4.69, 9.17) is 11.6 Å². The van der Waals surface area contributed by atoms with Crippen LogP contribution in [-0.2, 0) is 6.54 Å². The quantitative estimate of drug-likeness (QED) is 0.884. The summed E-state index contributed by atoms with van der Waals surface area (Å²) in [7, 11) is 1.81. The average Bonchev–Trinajstić information content (AvgIpc) is 2.84. The van der Waals surface area contributed by atoms with Gasteiger partial charge in [0.05, 0.1) is 10.9 Å². The third-order valence-electron chi connectivity index (χ3n) is 3.21. The highest BCUT2D eigenvalue weighted by Gasteiger charge is 2.15. The summed E-state index contributed by atoms with van der Waals surface area (Å²) in [5.41, 5.74) is 2.76. The Labute approximate surface area is 134 Å². The lowest BCUT2D eigenvalue weighted by Crippen LogP contribution is -2.26. The summed E-state index contributed by atoms with van der Waals surface area (Å²) in [6, 6.07) is 9.65. The Kier molecular flexibility index (Phi) is 5.26. The molecule has 0 spiro atoms. The molecular formula is C16H19ClN2OS. The molecule has 3 nitrogen and oxygen atoms in total. The van der Waals surface area contributed by atoms with E-state index in [9.17, 15) is 4.79 Å². The van der Waals surface area contributed by atoms with Crippen LogP contribution in [-0.4, -0.2) is 24.4 Å². The second-order valence-electron chi connectivity index (χ2n) is 4.93. The summed E-state index contributed by atoms with van der Waals surface area (Å²) >= 11 is 7.42. The normalized spacial score (nSPS) is 10.5. The Balaban J connectivity index is 2.11. The second-order valence-corrected chi connectivity index (χ2v) is 6.73. The van der Waals surface area contributed by atoms with Crippen molar-refractivity contribution in [2.45, 2.75) is 20.4 Å². The highest BCUT2D eigenvalue weighted by atomic mass is 35.5. The molecule has 0 unspecified atom stereocenters. The molecule has 0 aliphatic carbocycles. The van der Waals surface area contributed by atoms with Crippen LogP contribution < -0.4 is 5.32 Å². The lowest BCUT2D eigenvalue weighted by molar-refractivity contribution is 0.0786. The Hall–Kier alpha value is -1.52. The van der Waals surface area contributed by atoms with Gasteiger partial charge in [0, 0.05) is 29.7 Å². The molecule has 1 aromatic heterocycles. The molecule has 0 radical (unpaired) electrons. The van der Waals surface area contributed by atoms with Crippen LogP contribution in [0.15, 0.2) is 30.3 Å². The molecule has 1 amide bonds. The third kappa shape index (κ3) is 3.99. The molecule has 21 heavy (non-hydrogen) atoms. The zero-order valence-corrected chi connectivity index (χ0v) is 14.0. The van der Waals surface area contributed by atoms with Gasteiger partial charge < -0.3 is 10.2 Å². The van der Waals surface area contributed by atoms with E-state index in [2.05, 4.69) is 5.32 Å². The maximum absolute atomic E-state index is 12.5. The summed E-state index contributed by atoms with van der Waals surface area (Å²) in [5.74, 6) is 0.0278. The number of nitrogens with zero attached hydrogens (tertiary/aromatic N) is 1. The number of anilines is 1. The topological polar surface area (TPSA) is 32.3 Å². The molecule has 0 saturated heterocycles. The highest BCUT2D eigenvalue weighted by molar-refractivity contribution is 7.16. The zero-order chi connectivity index (χ0) is 15.4. The summed E-state index contributed by atoms with van der Waals surface area (Å²) < 4.78 is 0.747. The molecule has 0 atom stereocenters. The number of halogens is 1. The number of carbonyl (C=O) groups excluding carboxylic acids is 1. The first-order valence-corrected chi connectivity index (χ1v) is 8.05. The van der Waals surface area contributed by atoms with E-state index < -0.39 is 0 Å². The largest absolute Gasteiger partial charge is 0.385 e. The number of amides is 1. The fraction of sp³-hybridized carbons (Fsp3) is 0.312. The van der Waals surface area contributed by atoms with Crippen molar-refractivity contribution in [3.63, 3.8) is 0 Å². The molecule has 1 aromatic carbocycles. The molecule has 112 valence electrons. The SMILES string of the molecule is CCNc1ccc(C(=O)N(C)Cc2ccc(Cl)s2)c(C)c1. The Morgan fingerprint density at radius 3 is 2.67 bits per heavy atom. The van der Waals surface area contributed by atoms with Crippen molar-refractivity contribution in [1.29, 1.82) is 0 Å². The third-order valence-corrected chi connectivity index (χ3v) is 4.42. The van der Waals surface area contributed by atoms with E-state index in [1.807, 2.05) is 51.2 Å². The van der Waals surface area contributed by atoms with Gasteiger partial charge in [-0.1, -0.05) is 11.6 Å². The molecular weight excluding hydrogens is 304 g/mol. The van der Waals surface area contributed by atoms with Gasteiger partial charge in [0.1, 0.15) is 0 Å². The summed E-state index contributed by atoms with van der Waals surface area (Å²) in [6.45, 7) is 5.45. The van der Waals surface area contributed by atoms with Crippen molar-refractivity contribution < 1.29 is 4.79 Å². The summed E-state index contributed by atoms with van der Waals surface area (Å²) in [5, 5.41) is 3.25. The van der Waals surface area contributed by atoms with Crippen LogP contribution in [0.5, 0.6) is 0 Å². The van der Waals surface area contributed by atoms with Gasteiger partial charge in [-0.2, -0.15) is 0 Å². The van der Waals surface area contributed by atoms with Gasteiger partial charge in [0.2, 0.25) is 0 Å². The van der Waals surface area contributed by atoms with Crippen LogP contribution >= 0.6 is 22.9 Å². The fourth-order valence-electron chi connectivity index (χ4n) is 2.17. The van der Waals surface area contributed by atoms with Gasteiger partial charge in [0.25, 0.3) is 5.91 Å². The van der Waals surface area contributed by atoms with Gasteiger partial charge >= 0.3 is 0 Å². The van der Waals surface area contributed by atoms with Crippen molar-refractivity contribution in [3.05, 3.63) is 50.7 Å². The van der Waals surface area contributed by atoms with Crippen molar-refractivity contribution in [1.82, 2.24) is 4.90 Å². The predicted molar refractivity (Wildman–Crippen MR) is 90.5 cm³/mol. The van der Waals surface area contributed by atoms with Crippen molar-refractivity contribution in [2.24, 2.45) is 0 Å². The first kappa shape index (κ1) is 15.9. The molecule has 1 heterocycles. The first-order valence-electron chi connectivity index (χ1n) is 6.85. The predicted octanol–water partition coefficient (Wildman–Crippen LogP) is 4.41. The number of rotatable bonds is 5. The van der Waals surface area contributed by atoms with Crippen LogP contribution in [0, 0.1) is 6.92 Å². The molecule has 2 aromatic rings. The Bertz CT molecular complexity index is 639. The Morgan fingerprint density at radius 1 is 1.33 bits per heavy atom.